The molecule has 4 rings (SSSR count). The number of nitrogens with one attached hydrogen (secondary N) is 2. The zero-order chi connectivity index (χ0) is 24.7. The molecule has 4 N–H and O–H groups in total. The smallest absolute Gasteiger partial charge is 0.237 e. The largest absolute Gasteiger partial charge is 0.382 e. The summed E-state index contributed by atoms with van der Waals surface area (Å²) in [5.74, 6) is -0.145. The van der Waals surface area contributed by atoms with Crippen LogP contribution >= 0.6 is 23.4 Å². The Hall–Kier alpha value is -2.29. The highest BCUT2D eigenvalue weighted by atomic mass is 35.5. The van der Waals surface area contributed by atoms with Crippen molar-refractivity contribution < 1.29 is 14.0 Å². The summed E-state index contributed by atoms with van der Waals surface area (Å²) in [6, 6.07) is 10.1. The summed E-state index contributed by atoms with van der Waals surface area (Å²) in [4.78, 5) is 26.8. The number of benzene rings is 2. The van der Waals surface area contributed by atoms with Gasteiger partial charge in [-0.05, 0) is 61.1 Å². The summed E-state index contributed by atoms with van der Waals surface area (Å²) in [5, 5.41) is 6.07. The van der Waals surface area contributed by atoms with Crippen LogP contribution in [0.5, 0.6) is 0 Å². The molecule has 1 fully saturated rings. The number of thioether (sulfide) groups is 1. The molecule has 2 amide bonds. The van der Waals surface area contributed by atoms with Gasteiger partial charge in [-0.15, -0.1) is 11.8 Å². The number of rotatable bonds is 6. The van der Waals surface area contributed by atoms with Gasteiger partial charge in [-0.1, -0.05) is 37.6 Å². The molecule has 2 aromatic rings. The average Bonchev–Trinajstić information content (AvgIpc) is 2.87. The van der Waals surface area contributed by atoms with Crippen LogP contribution in [0.4, 0.5) is 15.8 Å². The third-order valence-corrected chi connectivity index (χ3v) is 7.92. The van der Waals surface area contributed by atoms with E-state index in [2.05, 4.69) is 10.6 Å². The maximum absolute atomic E-state index is 13.2. The van der Waals surface area contributed by atoms with E-state index in [1.54, 1.807) is 12.1 Å². The molecular formula is C25H32ClFN4O2S. The molecule has 1 unspecified atom stereocenters. The van der Waals surface area contributed by atoms with Crippen LogP contribution in [0.2, 0.25) is 5.02 Å². The molecule has 34 heavy (non-hydrogen) atoms. The molecule has 0 saturated carbocycles. The Balaban J connectivity index is 0.00000158. The Labute approximate surface area is 209 Å². The molecule has 1 atom stereocenters. The summed E-state index contributed by atoms with van der Waals surface area (Å²) in [5.41, 5.74) is 8.53. The number of anilines is 2. The van der Waals surface area contributed by atoms with Crippen LogP contribution in [-0.4, -0.2) is 48.6 Å². The molecular weight excluding hydrogens is 475 g/mol. The minimum absolute atomic E-state index is 0.0781. The molecule has 2 heterocycles. The van der Waals surface area contributed by atoms with Crippen LogP contribution in [0, 0.1) is 11.2 Å². The van der Waals surface area contributed by atoms with Gasteiger partial charge in [0, 0.05) is 30.2 Å². The van der Waals surface area contributed by atoms with E-state index < -0.39 is 0 Å². The maximum atomic E-state index is 13.2. The van der Waals surface area contributed by atoms with Crippen molar-refractivity contribution in [2.45, 2.75) is 43.3 Å². The standard InChI is InChI=1S/C23H26ClFN4O2S.C2H6/c24-17-9-19-20(10-18(17)28-14-30)32-21(12-27-19)22(31)29-7-5-23(13-26,6-8-29)11-15-1-3-16(25)4-2-15;1-2/h1-4,9-10,14,21,27H,5-8,11-13,26H2,(H,28,30);1-2H3. The monoisotopic (exact) mass is 506 g/mol. The Kier molecular flexibility index (Phi) is 9.22. The van der Waals surface area contributed by atoms with Gasteiger partial charge in [-0.25, -0.2) is 4.39 Å². The Morgan fingerprint density at radius 2 is 1.97 bits per heavy atom. The number of nitrogens with two attached hydrogens (primary N) is 1. The van der Waals surface area contributed by atoms with Crippen molar-refractivity contribution in [3.8, 4) is 0 Å². The van der Waals surface area contributed by atoms with Gasteiger partial charge < -0.3 is 21.3 Å². The van der Waals surface area contributed by atoms with E-state index in [0.717, 1.165) is 35.4 Å². The second-order valence-electron chi connectivity index (χ2n) is 8.41. The predicted octanol–water partition coefficient (Wildman–Crippen LogP) is 4.77. The van der Waals surface area contributed by atoms with Gasteiger partial charge in [0.05, 0.1) is 10.7 Å². The second-order valence-corrected chi connectivity index (χ2v) is 10.1. The quantitative estimate of drug-likeness (QED) is 0.491. The molecule has 2 aromatic carbocycles. The van der Waals surface area contributed by atoms with Crippen LogP contribution in [-0.2, 0) is 16.0 Å². The summed E-state index contributed by atoms with van der Waals surface area (Å²) < 4.78 is 13.2. The highest BCUT2D eigenvalue weighted by Gasteiger charge is 2.37. The van der Waals surface area contributed by atoms with E-state index in [0.29, 0.717) is 43.3 Å². The van der Waals surface area contributed by atoms with E-state index in [9.17, 15) is 14.0 Å². The number of halogens is 2. The van der Waals surface area contributed by atoms with Crippen LogP contribution in [0.15, 0.2) is 41.3 Å². The predicted molar refractivity (Wildman–Crippen MR) is 138 cm³/mol. The van der Waals surface area contributed by atoms with Crippen molar-refractivity contribution in [1.29, 1.82) is 0 Å². The fourth-order valence-electron chi connectivity index (χ4n) is 4.39. The third-order valence-electron chi connectivity index (χ3n) is 6.37. The van der Waals surface area contributed by atoms with Gasteiger partial charge in [-0.2, -0.15) is 0 Å². The van der Waals surface area contributed by atoms with Crippen LogP contribution in [0.25, 0.3) is 0 Å². The molecule has 1 saturated heterocycles. The molecule has 0 spiro atoms. The average molecular weight is 507 g/mol. The van der Waals surface area contributed by atoms with Gasteiger partial charge in [-0.3, -0.25) is 9.59 Å². The number of likely N-dealkylation sites (tertiary alicyclic amines) is 1. The van der Waals surface area contributed by atoms with Crippen molar-refractivity contribution in [3.63, 3.8) is 0 Å². The molecule has 0 aliphatic carbocycles. The number of amides is 2. The van der Waals surface area contributed by atoms with Gasteiger partial charge in [0.25, 0.3) is 0 Å². The van der Waals surface area contributed by atoms with Crippen LogP contribution in [0.1, 0.15) is 32.3 Å². The number of nitrogens with zero attached hydrogens (tertiary/aromatic N) is 1. The third kappa shape index (κ3) is 6.03. The van der Waals surface area contributed by atoms with E-state index >= 15 is 0 Å². The fraction of sp³-hybridized carbons (Fsp3) is 0.440. The highest BCUT2D eigenvalue weighted by Crippen LogP contribution is 2.41. The van der Waals surface area contributed by atoms with Gasteiger partial charge >= 0.3 is 0 Å². The van der Waals surface area contributed by atoms with Gasteiger partial charge in [0.1, 0.15) is 11.1 Å². The van der Waals surface area contributed by atoms with E-state index in [1.807, 2.05) is 30.9 Å². The second kappa shape index (κ2) is 11.9. The zero-order valence-electron chi connectivity index (χ0n) is 19.6. The molecule has 2 aliphatic heterocycles. The molecule has 0 bridgehead atoms. The summed E-state index contributed by atoms with van der Waals surface area (Å²) in [7, 11) is 0. The lowest BCUT2D eigenvalue weighted by atomic mass is 9.74. The minimum Gasteiger partial charge on any atom is -0.382 e. The Bertz CT molecular complexity index is 997. The Morgan fingerprint density at radius 1 is 1.29 bits per heavy atom. The summed E-state index contributed by atoms with van der Waals surface area (Å²) in [6.07, 6.45) is 3.00. The molecule has 0 aromatic heterocycles. The normalized spacial score (nSPS) is 18.6. The minimum atomic E-state index is -0.254. The number of fused-ring (bicyclic) bond motifs is 1. The van der Waals surface area contributed by atoms with Crippen molar-refractivity contribution in [2.75, 3.05) is 36.8 Å². The first kappa shape index (κ1) is 26.3. The van der Waals surface area contributed by atoms with Crippen molar-refractivity contribution in [3.05, 3.63) is 52.8 Å². The maximum Gasteiger partial charge on any atom is 0.237 e. The molecule has 9 heteroatoms. The lowest BCUT2D eigenvalue weighted by Crippen LogP contribution is -2.50. The van der Waals surface area contributed by atoms with Crippen LogP contribution in [0.3, 0.4) is 0 Å². The van der Waals surface area contributed by atoms with E-state index in [4.69, 9.17) is 17.3 Å². The number of hydrogen-bond donors (Lipinski definition) is 3. The first-order chi connectivity index (χ1) is 16.4. The summed E-state index contributed by atoms with van der Waals surface area (Å²) >= 11 is 7.68. The molecule has 184 valence electrons. The number of hydrogen-bond acceptors (Lipinski definition) is 5. The molecule has 6 nitrogen and oxygen atoms in total. The van der Waals surface area contributed by atoms with E-state index in [1.165, 1.54) is 23.9 Å². The molecule has 0 radical (unpaired) electrons. The lowest BCUT2D eigenvalue weighted by Gasteiger charge is -2.42. The fourth-order valence-corrected chi connectivity index (χ4v) is 5.78. The van der Waals surface area contributed by atoms with Gasteiger partial charge in [0.2, 0.25) is 12.3 Å². The SMILES string of the molecule is CC.NCC1(Cc2ccc(F)cc2)CCN(C(=O)C2CNc3cc(Cl)c(NC=O)cc3S2)CC1. The van der Waals surface area contributed by atoms with E-state index in [-0.39, 0.29) is 22.4 Å². The zero-order valence-corrected chi connectivity index (χ0v) is 21.1. The lowest BCUT2D eigenvalue weighted by molar-refractivity contribution is -0.132. The number of carbonyl (C=O) groups is 2. The number of carbonyl (C=O) groups excluding carboxylic acids is 2. The highest BCUT2D eigenvalue weighted by molar-refractivity contribution is 8.00. The number of piperidine rings is 1. The van der Waals surface area contributed by atoms with Crippen LogP contribution < -0.4 is 16.4 Å². The topological polar surface area (TPSA) is 87.5 Å². The first-order valence-corrected chi connectivity index (χ1v) is 12.9. The first-order valence-electron chi connectivity index (χ1n) is 11.6. The van der Waals surface area contributed by atoms with Crippen molar-refractivity contribution >= 4 is 47.1 Å². The summed E-state index contributed by atoms with van der Waals surface area (Å²) in [6.45, 7) is 6.35. The van der Waals surface area contributed by atoms with Gasteiger partial charge in [0.15, 0.2) is 0 Å². The van der Waals surface area contributed by atoms with Crippen molar-refractivity contribution in [1.82, 2.24) is 4.90 Å². The Morgan fingerprint density at radius 3 is 2.59 bits per heavy atom. The van der Waals surface area contributed by atoms with Crippen molar-refractivity contribution in [2.24, 2.45) is 11.1 Å². The molecule has 2 aliphatic rings.